The summed E-state index contributed by atoms with van der Waals surface area (Å²) in [6.07, 6.45) is 0.547. The molecule has 2 aromatic carbocycles. The molecule has 0 unspecified atom stereocenters. The molecule has 0 aromatic heterocycles. The maximum Gasteiger partial charge on any atom is 0.242 e. The van der Waals surface area contributed by atoms with Crippen LogP contribution in [0.15, 0.2) is 54.6 Å². The van der Waals surface area contributed by atoms with Crippen molar-refractivity contribution in [3.63, 3.8) is 0 Å². The van der Waals surface area contributed by atoms with E-state index < -0.39 is 17.4 Å². The number of nitrogens with zero attached hydrogens (tertiary/aromatic N) is 1. The van der Waals surface area contributed by atoms with Gasteiger partial charge < -0.3 is 10.2 Å². The van der Waals surface area contributed by atoms with Crippen LogP contribution in [0.4, 0.5) is 4.39 Å². The minimum Gasteiger partial charge on any atom is -0.350 e. The standard InChI is InChI=1S/C23H29FN2O2/c1-17(22(28)25-23(2,3)4)26(15-14-18-10-6-5-7-11-18)21(27)16-19-12-8-9-13-20(19)24/h5-13,17H,14-16H2,1-4H3,(H,25,28)/t17-/m1/s1. The number of carbonyl (C=O) groups excluding carboxylic acids is 2. The molecular formula is C23H29FN2O2. The van der Waals surface area contributed by atoms with Gasteiger partial charge in [-0.05, 0) is 51.3 Å². The molecule has 2 rings (SSSR count). The molecule has 0 spiro atoms. The molecule has 0 aliphatic rings. The highest BCUT2D eigenvalue weighted by Crippen LogP contribution is 2.13. The van der Waals surface area contributed by atoms with Crippen molar-refractivity contribution in [1.82, 2.24) is 10.2 Å². The maximum absolute atomic E-state index is 14.0. The summed E-state index contributed by atoms with van der Waals surface area (Å²) in [5.41, 5.74) is 1.01. The molecular weight excluding hydrogens is 355 g/mol. The number of hydrogen-bond acceptors (Lipinski definition) is 2. The van der Waals surface area contributed by atoms with Crippen molar-refractivity contribution in [2.45, 2.75) is 52.1 Å². The first-order valence-corrected chi connectivity index (χ1v) is 9.56. The number of hydrogen-bond donors (Lipinski definition) is 1. The zero-order valence-corrected chi connectivity index (χ0v) is 17.0. The van der Waals surface area contributed by atoms with E-state index in [-0.39, 0.29) is 18.2 Å². The fourth-order valence-corrected chi connectivity index (χ4v) is 2.95. The summed E-state index contributed by atoms with van der Waals surface area (Å²) in [4.78, 5) is 27.2. The third-order valence-electron chi connectivity index (χ3n) is 4.45. The summed E-state index contributed by atoms with van der Waals surface area (Å²) >= 11 is 0. The van der Waals surface area contributed by atoms with Crippen molar-refractivity contribution < 1.29 is 14.0 Å². The molecule has 1 atom stereocenters. The minimum absolute atomic E-state index is 0.0748. The summed E-state index contributed by atoms with van der Waals surface area (Å²) in [6, 6.07) is 15.4. The number of benzene rings is 2. The van der Waals surface area contributed by atoms with Crippen molar-refractivity contribution in [3.8, 4) is 0 Å². The summed E-state index contributed by atoms with van der Waals surface area (Å²) in [6.45, 7) is 7.79. The fourth-order valence-electron chi connectivity index (χ4n) is 2.95. The van der Waals surface area contributed by atoms with Gasteiger partial charge in [0.1, 0.15) is 11.9 Å². The lowest BCUT2D eigenvalue weighted by Crippen LogP contribution is -2.53. The lowest BCUT2D eigenvalue weighted by Gasteiger charge is -2.31. The molecule has 0 saturated carbocycles. The second-order valence-corrected chi connectivity index (χ2v) is 8.01. The van der Waals surface area contributed by atoms with E-state index in [9.17, 15) is 14.0 Å². The van der Waals surface area contributed by atoms with Crippen molar-refractivity contribution in [3.05, 3.63) is 71.5 Å². The second-order valence-electron chi connectivity index (χ2n) is 8.01. The molecule has 0 fully saturated rings. The van der Waals surface area contributed by atoms with Gasteiger partial charge in [0.25, 0.3) is 0 Å². The van der Waals surface area contributed by atoms with Gasteiger partial charge in [-0.1, -0.05) is 48.5 Å². The minimum atomic E-state index is -0.651. The van der Waals surface area contributed by atoms with Gasteiger partial charge in [0.05, 0.1) is 6.42 Å². The van der Waals surface area contributed by atoms with E-state index in [0.29, 0.717) is 18.5 Å². The van der Waals surface area contributed by atoms with Crippen molar-refractivity contribution in [2.24, 2.45) is 0 Å². The molecule has 4 nitrogen and oxygen atoms in total. The van der Waals surface area contributed by atoms with Gasteiger partial charge in [0.2, 0.25) is 11.8 Å². The quantitative estimate of drug-likeness (QED) is 0.791. The van der Waals surface area contributed by atoms with Crippen LogP contribution in [0.2, 0.25) is 0 Å². The predicted molar refractivity (Wildman–Crippen MR) is 109 cm³/mol. The second kappa shape index (κ2) is 9.49. The Morgan fingerprint density at radius 2 is 1.64 bits per heavy atom. The monoisotopic (exact) mass is 384 g/mol. The molecule has 1 N–H and O–H groups in total. The van der Waals surface area contributed by atoms with Crippen molar-refractivity contribution in [1.29, 1.82) is 0 Å². The van der Waals surface area contributed by atoms with E-state index in [2.05, 4.69) is 5.32 Å². The highest BCUT2D eigenvalue weighted by atomic mass is 19.1. The Hall–Kier alpha value is -2.69. The normalized spacial score (nSPS) is 12.3. The topological polar surface area (TPSA) is 49.4 Å². The average Bonchev–Trinajstić information content (AvgIpc) is 2.63. The average molecular weight is 384 g/mol. The number of amides is 2. The SMILES string of the molecule is C[C@H](C(=O)NC(C)(C)C)N(CCc1ccccc1)C(=O)Cc1ccccc1F. The molecule has 5 heteroatoms. The third kappa shape index (κ3) is 6.48. The molecule has 0 saturated heterocycles. The summed E-state index contributed by atoms with van der Waals surface area (Å²) in [7, 11) is 0. The summed E-state index contributed by atoms with van der Waals surface area (Å²) in [5.74, 6) is -0.898. The van der Waals surface area contributed by atoms with E-state index >= 15 is 0 Å². The van der Waals surface area contributed by atoms with Crippen LogP contribution in [0.3, 0.4) is 0 Å². The fraction of sp³-hybridized carbons (Fsp3) is 0.391. The van der Waals surface area contributed by atoms with E-state index in [0.717, 1.165) is 5.56 Å². The van der Waals surface area contributed by atoms with Crippen LogP contribution >= 0.6 is 0 Å². The van der Waals surface area contributed by atoms with Gasteiger partial charge in [0, 0.05) is 12.1 Å². The van der Waals surface area contributed by atoms with E-state index in [1.807, 2.05) is 51.1 Å². The van der Waals surface area contributed by atoms with Crippen LogP contribution in [0, 0.1) is 5.82 Å². The Labute approximate surface area is 166 Å². The molecule has 0 bridgehead atoms. The van der Waals surface area contributed by atoms with Crippen LogP contribution in [-0.4, -0.2) is 34.8 Å². The Bertz CT molecular complexity index is 800. The van der Waals surface area contributed by atoms with Crippen LogP contribution in [0.5, 0.6) is 0 Å². The number of halogens is 1. The van der Waals surface area contributed by atoms with Gasteiger partial charge in [-0.3, -0.25) is 9.59 Å². The molecule has 2 aromatic rings. The van der Waals surface area contributed by atoms with Gasteiger partial charge in [0.15, 0.2) is 0 Å². The van der Waals surface area contributed by atoms with Gasteiger partial charge in [-0.25, -0.2) is 4.39 Å². The molecule has 0 radical (unpaired) electrons. The molecule has 150 valence electrons. The molecule has 2 amide bonds. The van der Waals surface area contributed by atoms with Crippen LogP contribution in [0.25, 0.3) is 0 Å². The number of nitrogens with one attached hydrogen (secondary N) is 1. The first-order valence-electron chi connectivity index (χ1n) is 9.56. The zero-order valence-electron chi connectivity index (χ0n) is 17.0. The molecule has 0 aliphatic heterocycles. The lowest BCUT2D eigenvalue weighted by molar-refractivity contribution is -0.140. The van der Waals surface area contributed by atoms with Crippen molar-refractivity contribution in [2.75, 3.05) is 6.54 Å². The Morgan fingerprint density at radius 1 is 1.04 bits per heavy atom. The molecule has 28 heavy (non-hydrogen) atoms. The highest BCUT2D eigenvalue weighted by molar-refractivity contribution is 5.88. The predicted octanol–water partition coefficient (Wildman–Crippen LogP) is 3.74. The molecule has 0 aliphatic carbocycles. The number of rotatable bonds is 7. The van der Waals surface area contributed by atoms with Crippen LogP contribution in [0.1, 0.15) is 38.8 Å². The first-order chi connectivity index (χ1) is 13.2. The van der Waals surface area contributed by atoms with Gasteiger partial charge >= 0.3 is 0 Å². The lowest BCUT2D eigenvalue weighted by atomic mass is 10.1. The van der Waals surface area contributed by atoms with Crippen LogP contribution < -0.4 is 5.32 Å². The maximum atomic E-state index is 14.0. The zero-order chi connectivity index (χ0) is 20.7. The Morgan fingerprint density at radius 3 is 2.25 bits per heavy atom. The highest BCUT2D eigenvalue weighted by Gasteiger charge is 2.28. The van der Waals surface area contributed by atoms with Crippen molar-refractivity contribution >= 4 is 11.8 Å². The third-order valence-corrected chi connectivity index (χ3v) is 4.45. The van der Waals surface area contributed by atoms with Crippen LogP contribution in [-0.2, 0) is 22.4 Å². The Balaban J connectivity index is 2.17. The number of carbonyl (C=O) groups is 2. The first kappa shape index (κ1) is 21.6. The van der Waals surface area contributed by atoms with E-state index in [1.165, 1.54) is 6.07 Å². The summed E-state index contributed by atoms with van der Waals surface area (Å²) < 4.78 is 14.0. The smallest absolute Gasteiger partial charge is 0.242 e. The van der Waals surface area contributed by atoms with E-state index in [1.54, 1.807) is 30.0 Å². The summed E-state index contributed by atoms with van der Waals surface area (Å²) in [5, 5.41) is 2.92. The largest absolute Gasteiger partial charge is 0.350 e. The van der Waals surface area contributed by atoms with E-state index in [4.69, 9.17) is 0 Å². The van der Waals surface area contributed by atoms with Gasteiger partial charge in [-0.15, -0.1) is 0 Å². The van der Waals surface area contributed by atoms with Gasteiger partial charge in [-0.2, -0.15) is 0 Å². The molecule has 0 heterocycles. The Kier molecular flexibility index (Phi) is 7.32.